The molecule has 0 fully saturated rings. The normalized spacial score (nSPS) is 11.2. The van der Waals surface area contributed by atoms with E-state index in [0.717, 1.165) is 34.3 Å². The van der Waals surface area contributed by atoms with Gasteiger partial charge in [-0.05, 0) is 37.6 Å². The zero-order chi connectivity index (χ0) is 21.3. The van der Waals surface area contributed by atoms with Crippen molar-refractivity contribution in [3.8, 4) is 11.5 Å². The maximum atomic E-state index is 6.10. The summed E-state index contributed by atoms with van der Waals surface area (Å²) < 4.78 is 8.05. The van der Waals surface area contributed by atoms with Gasteiger partial charge in [-0.3, -0.25) is 0 Å². The van der Waals surface area contributed by atoms with E-state index in [-0.39, 0.29) is 0 Å². The number of aromatic nitrogens is 3. The molecule has 0 atom stereocenters. The van der Waals surface area contributed by atoms with E-state index >= 15 is 0 Å². The molecule has 3 aromatic rings. The monoisotopic (exact) mass is 404 g/mol. The first kappa shape index (κ1) is 21.1. The molecule has 7 heteroatoms. The van der Waals surface area contributed by atoms with Crippen LogP contribution >= 0.6 is 0 Å². The number of benzene rings is 2. The van der Waals surface area contributed by atoms with Crippen LogP contribution in [0.4, 0.5) is 0 Å². The maximum Gasteiger partial charge on any atom is 0.192 e. The van der Waals surface area contributed by atoms with Crippen molar-refractivity contribution in [2.24, 2.45) is 12.0 Å². The molecular weight excluding hydrogens is 376 g/mol. The van der Waals surface area contributed by atoms with Crippen molar-refractivity contribution in [3.05, 3.63) is 84.0 Å². The summed E-state index contributed by atoms with van der Waals surface area (Å²) >= 11 is 0. The highest BCUT2D eigenvalue weighted by molar-refractivity contribution is 5.79. The van der Waals surface area contributed by atoms with E-state index in [4.69, 9.17) is 9.73 Å². The molecule has 0 saturated carbocycles. The van der Waals surface area contributed by atoms with Crippen LogP contribution in [0.2, 0.25) is 0 Å². The lowest BCUT2D eigenvalue weighted by molar-refractivity contribution is 0.476. The van der Waals surface area contributed by atoms with Crippen LogP contribution < -0.4 is 15.4 Å². The number of aryl methyl sites for hydroxylation is 2. The van der Waals surface area contributed by atoms with Gasteiger partial charge in [-0.1, -0.05) is 36.4 Å². The smallest absolute Gasteiger partial charge is 0.192 e. The second-order valence-corrected chi connectivity index (χ2v) is 6.94. The summed E-state index contributed by atoms with van der Waals surface area (Å²) in [6, 6.07) is 15.9. The van der Waals surface area contributed by atoms with E-state index in [2.05, 4.69) is 33.5 Å². The van der Waals surface area contributed by atoms with E-state index < -0.39 is 0 Å². The van der Waals surface area contributed by atoms with Gasteiger partial charge in [-0.2, -0.15) is 0 Å². The minimum Gasteiger partial charge on any atom is -0.457 e. The molecule has 3 rings (SSSR count). The maximum absolute atomic E-state index is 6.10. The van der Waals surface area contributed by atoms with E-state index in [9.17, 15) is 0 Å². The lowest BCUT2D eigenvalue weighted by atomic mass is 10.1. The molecule has 1 heterocycles. The summed E-state index contributed by atoms with van der Waals surface area (Å²) in [4.78, 5) is 4.72. The number of nitrogens with one attached hydrogen (secondary N) is 2. The van der Waals surface area contributed by atoms with Crippen LogP contribution in [0.3, 0.4) is 0 Å². The summed E-state index contributed by atoms with van der Waals surface area (Å²) in [7, 11) is 1.94. The van der Waals surface area contributed by atoms with Gasteiger partial charge in [0.05, 0.1) is 13.1 Å². The first-order valence-corrected chi connectivity index (χ1v) is 9.87. The lowest BCUT2D eigenvalue weighted by Gasteiger charge is -2.13. The number of para-hydroxylation sites is 1. The molecule has 0 bridgehead atoms. The standard InChI is InChI=1S/C23H28N6O/c1-5-13-24-23(26-16-22-28-27-18(3)29(22)4)25-15-19-12-11-17(2)14-21(19)30-20-9-7-6-8-10-20/h5-12,14H,1,13,15-16H2,2-4H3,(H2,24,25,26). The highest BCUT2D eigenvalue weighted by atomic mass is 16.5. The van der Waals surface area contributed by atoms with Crippen LogP contribution in [-0.4, -0.2) is 27.3 Å². The average molecular weight is 405 g/mol. The van der Waals surface area contributed by atoms with Crippen molar-refractivity contribution in [1.82, 2.24) is 25.4 Å². The van der Waals surface area contributed by atoms with Gasteiger partial charge in [-0.15, -0.1) is 16.8 Å². The predicted octanol–water partition coefficient (Wildman–Crippen LogP) is 3.65. The summed E-state index contributed by atoms with van der Waals surface area (Å²) in [5.41, 5.74) is 2.13. The largest absolute Gasteiger partial charge is 0.457 e. The minimum absolute atomic E-state index is 0.465. The Bertz CT molecular complexity index is 1010. The molecule has 30 heavy (non-hydrogen) atoms. The van der Waals surface area contributed by atoms with Crippen molar-refractivity contribution in [1.29, 1.82) is 0 Å². The van der Waals surface area contributed by atoms with Gasteiger partial charge >= 0.3 is 0 Å². The van der Waals surface area contributed by atoms with E-state index in [1.165, 1.54) is 0 Å². The SMILES string of the molecule is C=CCNC(=NCc1ccc(C)cc1Oc1ccccc1)NCc1nnc(C)n1C. The van der Waals surface area contributed by atoms with Gasteiger partial charge < -0.3 is 19.9 Å². The van der Waals surface area contributed by atoms with Crippen molar-refractivity contribution in [3.63, 3.8) is 0 Å². The van der Waals surface area contributed by atoms with Crippen LogP contribution in [-0.2, 0) is 20.1 Å². The highest BCUT2D eigenvalue weighted by Gasteiger charge is 2.08. The van der Waals surface area contributed by atoms with E-state index in [1.54, 1.807) is 6.08 Å². The number of ether oxygens (including phenoxy) is 1. The van der Waals surface area contributed by atoms with Gasteiger partial charge in [0.25, 0.3) is 0 Å². The number of aliphatic imine (C=N–C) groups is 1. The molecule has 2 aromatic carbocycles. The first-order valence-electron chi connectivity index (χ1n) is 9.87. The van der Waals surface area contributed by atoms with Gasteiger partial charge in [0, 0.05) is 19.2 Å². The summed E-state index contributed by atoms with van der Waals surface area (Å²) in [5.74, 6) is 3.98. The van der Waals surface area contributed by atoms with Crippen LogP contribution in [0.5, 0.6) is 11.5 Å². The molecule has 2 N–H and O–H groups in total. The molecule has 0 saturated heterocycles. The number of nitrogens with zero attached hydrogens (tertiary/aromatic N) is 4. The average Bonchev–Trinajstić information content (AvgIpc) is 3.07. The summed E-state index contributed by atoms with van der Waals surface area (Å²) in [5, 5.41) is 14.8. The second kappa shape index (κ2) is 10.2. The lowest BCUT2D eigenvalue weighted by Crippen LogP contribution is -2.37. The zero-order valence-electron chi connectivity index (χ0n) is 17.7. The molecule has 0 aliphatic heterocycles. The zero-order valence-corrected chi connectivity index (χ0v) is 17.7. The third-order valence-electron chi connectivity index (χ3n) is 4.61. The number of guanidine groups is 1. The quantitative estimate of drug-likeness (QED) is 0.341. The third kappa shape index (κ3) is 5.70. The summed E-state index contributed by atoms with van der Waals surface area (Å²) in [6.07, 6.45) is 1.79. The Morgan fingerprint density at radius 3 is 2.63 bits per heavy atom. The van der Waals surface area contributed by atoms with Crippen molar-refractivity contribution < 1.29 is 4.74 Å². The van der Waals surface area contributed by atoms with Gasteiger partial charge in [0.15, 0.2) is 11.8 Å². The Morgan fingerprint density at radius 1 is 1.13 bits per heavy atom. The van der Waals surface area contributed by atoms with Crippen LogP contribution in [0.15, 0.2) is 66.2 Å². The van der Waals surface area contributed by atoms with Crippen LogP contribution in [0.25, 0.3) is 0 Å². The molecule has 0 spiro atoms. The topological polar surface area (TPSA) is 76.4 Å². The van der Waals surface area contributed by atoms with Gasteiger partial charge in [0.1, 0.15) is 17.3 Å². The molecule has 0 aliphatic carbocycles. The fourth-order valence-electron chi connectivity index (χ4n) is 2.78. The van der Waals surface area contributed by atoms with Crippen molar-refractivity contribution in [2.45, 2.75) is 26.9 Å². The number of rotatable bonds is 8. The molecule has 7 nitrogen and oxygen atoms in total. The van der Waals surface area contributed by atoms with Crippen molar-refractivity contribution in [2.75, 3.05) is 6.54 Å². The third-order valence-corrected chi connectivity index (χ3v) is 4.61. The molecule has 0 radical (unpaired) electrons. The predicted molar refractivity (Wildman–Crippen MR) is 120 cm³/mol. The summed E-state index contributed by atoms with van der Waals surface area (Å²) in [6.45, 7) is 9.32. The fourth-order valence-corrected chi connectivity index (χ4v) is 2.78. The molecular formula is C23H28N6O. The molecule has 1 aromatic heterocycles. The molecule has 0 aliphatic rings. The van der Waals surface area contributed by atoms with Crippen LogP contribution in [0.1, 0.15) is 22.8 Å². The number of hydrogen-bond acceptors (Lipinski definition) is 4. The molecule has 0 unspecified atom stereocenters. The van der Waals surface area contributed by atoms with E-state index in [0.29, 0.717) is 25.6 Å². The van der Waals surface area contributed by atoms with Crippen molar-refractivity contribution >= 4 is 5.96 Å². The Labute approximate surface area is 177 Å². The Hall–Kier alpha value is -3.61. The van der Waals surface area contributed by atoms with Crippen LogP contribution in [0, 0.1) is 13.8 Å². The fraction of sp³-hybridized carbons (Fsp3) is 0.261. The Morgan fingerprint density at radius 2 is 1.93 bits per heavy atom. The first-order chi connectivity index (χ1) is 14.6. The number of hydrogen-bond donors (Lipinski definition) is 2. The molecule has 0 amide bonds. The van der Waals surface area contributed by atoms with Gasteiger partial charge in [-0.25, -0.2) is 4.99 Å². The minimum atomic E-state index is 0.465. The van der Waals surface area contributed by atoms with E-state index in [1.807, 2.05) is 67.9 Å². The van der Waals surface area contributed by atoms with Gasteiger partial charge in [0.2, 0.25) is 0 Å². The molecule has 156 valence electrons. The Balaban J connectivity index is 1.75. The Kier molecular flexibility index (Phi) is 7.21. The highest BCUT2D eigenvalue weighted by Crippen LogP contribution is 2.27. The second-order valence-electron chi connectivity index (χ2n) is 6.94.